The van der Waals surface area contributed by atoms with Crippen molar-refractivity contribution >= 4 is 22.4 Å². The van der Waals surface area contributed by atoms with Gasteiger partial charge in [0, 0.05) is 24.4 Å². The van der Waals surface area contributed by atoms with Gasteiger partial charge >= 0.3 is 0 Å². The Morgan fingerprint density at radius 2 is 1.46 bits per heavy atom. The molecule has 0 aliphatic carbocycles. The van der Waals surface area contributed by atoms with Crippen LogP contribution in [0.3, 0.4) is 0 Å². The number of benzene rings is 4. The maximum absolute atomic E-state index is 12.6. The third-order valence-corrected chi connectivity index (χ3v) is 6.25. The molecule has 5 rings (SSSR count). The van der Waals surface area contributed by atoms with E-state index in [1.165, 1.54) is 0 Å². The highest BCUT2D eigenvalue weighted by Gasteiger charge is 2.12. The monoisotopic (exact) mass is 514 g/mol. The molecule has 192 valence electrons. The molecule has 39 heavy (non-hydrogen) atoms. The van der Waals surface area contributed by atoms with Gasteiger partial charge in [-0.3, -0.25) is 9.78 Å². The number of carbonyl (C=O) groups is 1. The van der Waals surface area contributed by atoms with E-state index in [0.717, 1.165) is 22.4 Å². The van der Waals surface area contributed by atoms with Crippen LogP contribution in [0.5, 0.6) is 23.0 Å². The number of hydrogen-bond acceptors (Lipinski definition) is 5. The van der Waals surface area contributed by atoms with E-state index >= 15 is 0 Å². The largest absolute Gasteiger partial charge is 0.500 e. The number of ether oxygens (including phenoxy) is 3. The SMILES string of the molecule is [C-]#[N+]c1cc2c(Oc3ccc(CC(=O)Cc4ccc(OC)cc4)cc3)ccnc2cc1OCc1ccccc1. The molecular formula is C33H26N2O4. The zero-order valence-electron chi connectivity index (χ0n) is 21.5. The van der Waals surface area contributed by atoms with Gasteiger partial charge in [0.2, 0.25) is 5.69 Å². The molecule has 1 aromatic heterocycles. The van der Waals surface area contributed by atoms with Crippen LogP contribution >= 0.6 is 0 Å². The average molecular weight is 515 g/mol. The molecule has 0 saturated heterocycles. The molecule has 5 aromatic rings. The Kier molecular flexibility index (Phi) is 7.80. The van der Waals surface area contributed by atoms with Gasteiger partial charge in [-0.2, -0.15) is 0 Å². The number of rotatable bonds is 10. The van der Waals surface area contributed by atoms with Crippen LogP contribution in [0.4, 0.5) is 5.69 Å². The van der Waals surface area contributed by atoms with Crippen LogP contribution in [0.2, 0.25) is 0 Å². The maximum Gasteiger partial charge on any atom is 0.229 e. The fourth-order valence-corrected chi connectivity index (χ4v) is 4.23. The summed E-state index contributed by atoms with van der Waals surface area (Å²) in [5.74, 6) is 2.59. The van der Waals surface area contributed by atoms with Crippen molar-refractivity contribution in [2.75, 3.05) is 7.11 Å². The number of pyridine rings is 1. The summed E-state index contributed by atoms with van der Waals surface area (Å²) in [7, 11) is 1.62. The summed E-state index contributed by atoms with van der Waals surface area (Å²) in [4.78, 5) is 20.7. The summed E-state index contributed by atoms with van der Waals surface area (Å²) in [5, 5.41) is 0.717. The molecule has 1 heterocycles. The zero-order valence-corrected chi connectivity index (χ0v) is 21.5. The van der Waals surface area contributed by atoms with Crippen molar-refractivity contribution in [1.82, 2.24) is 4.98 Å². The average Bonchev–Trinajstić information content (AvgIpc) is 2.97. The lowest BCUT2D eigenvalue weighted by atomic mass is 10.0. The second kappa shape index (κ2) is 11.9. The minimum Gasteiger partial charge on any atom is -0.500 e. The minimum atomic E-state index is 0.130. The van der Waals surface area contributed by atoms with Crippen LogP contribution in [0.1, 0.15) is 16.7 Å². The smallest absolute Gasteiger partial charge is 0.229 e. The van der Waals surface area contributed by atoms with Crippen molar-refractivity contribution in [3.8, 4) is 23.0 Å². The summed E-state index contributed by atoms with van der Waals surface area (Å²) >= 11 is 0. The fraction of sp³-hybridized carbons (Fsp3) is 0.121. The summed E-state index contributed by atoms with van der Waals surface area (Å²) in [5.41, 5.74) is 3.95. The number of hydrogen-bond donors (Lipinski definition) is 0. The van der Waals surface area contributed by atoms with Crippen LogP contribution in [-0.2, 0) is 24.2 Å². The summed E-state index contributed by atoms with van der Waals surface area (Å²) < 4.78 is 17.3. The normalized spacial score (nSPS) is 10.6. The van der Waals surface area contributed by atoms with Crippen molar-refractivity contribution in [2.45, 2.75) is 19.4 Å². The molecular weight excluding hydrogens is 488 g/mol. The summed E-state index contributed by atoms with van der Waals surface area (Å²) in [6, 6.07) is 30.1. The lowest BCUT2D eigenvalue weighted by molar-refractivity contribution is -0.117. The molecule has 0 N–H and O–H groups in total. The van der Waals surface area contributed by atoms with Crippen molar-refractivity contribution < 1.29 is 19.0 Å². The number of Topliss-reactive ketones (excluding diaryl/α,β-unsaturated/α-hetero) is 1. The quantitative estimate of drug-likeness (QED) is 0.180. The number of aromatic nitrogens is 1. The van der Waals surface area contributed by atoms with E-state index in [4.69, 9.17) is 20.8 Å². The van der Waals surface area contributed by atoms with Crippen LogP contribution < -0.4 is 14.2 Å². The molecule has 0 spiro atoms. The van der Waals surface area contributed by atoms with Gasteiger partial charge in [-0.25, -0.2) is 4.85 Å². The molecule has 0 aliphatic heterocycles. The third-order valence-electron chi connectivity index (χ3n) is 6.25. The van der Waals surface area contributed by atoms with E-state index in [9.17, 15) is 4.79 Å². The van der Waals surface area contributed by atoms with E-state index in [1.807, 2.05) is 78.9 Å². The van der Waals surface area contributed by atoms with Crippen LogP contribution in [0, 0.1) is 6.57 Å². The molecule has 0 unspecified atom stereocenters. The minimum absolute atomic E-state index is 0.130. The van der Waals surface area contributed by atoms with Gasteiger partial charge in [-0.1, -0.05) is 54.6 Å². The van der Waals surface area contributed by atoms with Crippen LogP contribution in [-0.4, -0.2) is 17.9 Å². The number of methoxy groups -OCH3 is 1. The van der Waals surface area contributed by atoms with E-state index in [0.29, 0.717) is 53.3 Å². The predicted octanol–water partition coefficient (Wildman–Crippen LogP) is 7.52. The fourth-order valence-electron chi connectivity index (χ4n) is 4.23. The molecule has 0 amide bonds. The number of nitrogens with zero attached hydrogens (tertiary/aromatic N) is 2. The molecule has 0 aliphatic rings. The van der Waals surface area contributed by atoms with Crippen LogP contribution in [0.15, 0.2) is 103 Å². The maximum atomic E-state index is 12.6. The Morgan fingerprint density at radius 1 is 0.795 bits per heavy atom. The van der Waals surface area contributed by atoms with Gasteiger partial charge < -0.3 is 14.2 Å². The van der Waals surface area contributed by atoms with Gasteiger partial charge in [-0.05, 0) is 59.2 Å². The molecule has 0 saturated carbocycles. The lowest BCUT2D eigenvalue weighted by Gasteiger charge is -2.12. The number of carbonyl (C=O) groups excluding carboxylic acids is 1. The number of ketones is 1. The lowest BCUT2D eigenvalue weighted by Crippen LogP contribution is -2.06. The third kappa shape index (κ3) is 6.41. The molecule has 0 radical (unpaired) electrons. The van der Waals surface area contributed by atoms with E-state index in [2.05, 4.69) is 9.83 Å². The Hall–Kier alpha value is -5.15. The Morgan fingerprint density at radius 3 is 2.10 bits per heavy atom. The van der Waals surface area contributed by atoms with Gasteiger partial charge in [-0.15, -0.1) is 0 Å². The highest BCUT2D eigenvalue weighted by Crippen LogP contribution is 2.37. The first-order valence-electron chi connectivity index (χ1n) is 12.5. The Labute approximate surface area is 227 Å². The van der Waals surface area contributed by atoms with Gasteiger partial charge in [0.05, 0.1) is 19.2 Å². The summed E-state index contributed by atoms with van der Waals surface area (Å²) in [6.07, 6.45) is 2.37. The Bertz CT molecular complexity index is 1620. The first kappa shape index (κ1) is 25.5. The van der Waals surface area contributed by atoms with Crippen molar-refractivity contribution in [1.29, 1.82) is 0 Å². The zero-order chi connectivity index (χ0) is 27.0. The predicted molar refractivity (Wildman–Crippen MR) is 151 cm³/mol. The first-order chi connectivity index (χ1) is 19.1. The van der Waals surface area contributed by atoms with Crippen molar-refractivity contribution in [3.05, 3.63) is 131 Å². The molecule has 4 aromatic carbocycles. The van der Waals surface area contributed by atoms with Crippen molar-refractivity contribution in [3.63, 3.8) is 0 Å². The van der Waals surface area contributed by atoms with Crippen molar-refractivity contribution in [2.24, 2.45) is 0 Å². The van der Waals surface area contributed by atoms with Gasteiger partial charge in [0.15, 0.2) is 0 Å². The second-order valence-corrected chi connectivity index (χ2v) is 9.02. The highest BCUT2D eigenvalue weighted by atomic mass is 16.5. The van der Waals surface area contributed by atoms with E-state index in [1.54, 1.807) is 31.5 Å². The standard InChI is InChI=1S/C33H26N2O4/c1-34-31-20-29-30(21-33(31)38-22-25-6-4-3-5-7-25)35-17-16-32(29)39-28-14-10-24(11-15-28)19-26(36)18-23-8-12-27(37-2)13-9-23/h3-17,20-21H,18-19,22H2,2H3. The molecule has 6 nitrogen and oxygen atoms in total. The Balaban J connectivity index is 1.27. The molecule has 0 fully saturated rings. The van der Waals surface area contributed by atoms with Gasteiger partial charge in [0.1, 0.15) is 35.4 Å². The summed E-state index contributed by atoms with van der Waals surface area (Å²) in [6.45, 7) is 8.01. The number of fused-ring (bicyclic) bond motifs is 1. The first-order valence-corrected chi connectivity index (χ1v) is 12.5. The second-order valence-electron chi connectivity index (χ2n) is 9.02. The van der Waals surface area contributed by atoms with Crippen LogP contribution in [0.25, 0.3) is 15.7 Å². The molecule has 0 atom stereocenters. The van der Waals surface area contributed by atoms with E-state index in [-0.39, 0.29) is 5.78 Å². The topological polar surface area (TPSA) is 62.0 Å². The highest BCUT2D eigenvalue weighted by molar-refractivity contribution is 5.91. The molecule has 0 bridgehead atoms. The van der Waals surface area contributed by atoms with E-state index < -0.39 is 0 Å². The van der Waals surface area contributed by atoms with Gasteiger partial charge in [0.25, 0.3) is 0 Å². The molecule has 6 heteroatoms.